The highest BCUT2D eigenvalue weighted by Gasteiger charge is 2.41. The molecule has 0 saturated carbocycles. The smallest absolute Gasteiger partial charge is 0.251 e. The number of piperazine rings is 1. The van der Waals surface area contributed by atoms with E-state index in [1.54, 1.807) is 31.0 Å². The molecule has 19 heavy (non-hydrogen) atoms. The van der Waals surface area contributed by atoms with Crippen LogP contribution in [0.5, 0.6) is 0 Å². The third kappa shape index (κ3) is 2.44. The highest BCUT2D eigenvalue weighted by molar-refractivity contribution is 6.06. The summed E-state index contributed by atoms with van der Waals surface area (Å²) in [5.41, 5.74) is 5.87. The Balaban J connectivity index is 2.33. The van der Waals surface area contributed by atoms with E-state index < -0.39 is 5.54 Å². The van der Waals surface area contributed by atoms with Crippen molar-refractivity contribution < 1.29 is 9.59 Å². The van der Waals surface area contributed by atoms with Crippen molar-refractivity contribution in [2.45, 2.75) is 32.4 Å². The molecule has 0 aliphatic carbocycles. The van der Waals surface area contributed by atoms with Crippen LogP contribution in [-0.4, -0.2) is 28.9 Å². The molecular weight excluding hydrogens is 244 g/mol. The number of nitrogens with zero attached hydrogens (tertiary/aromatic N) is 2. The lowest BCUT2D eigenvalue weighted by molar-refractivity contribution is -0.135. The summed E-state index contributed by atoms with van der Waals surface area (Å²) in [6, 6.07) is 3.55. The van der Waals surface area contributed by atoms with Gasteiger partial charge >= 0.3 is 0 Å². The number of carbonyl (C=O) groups is 2. The predicted octanol–water partition coefficient (Wildman–Crippen LogP) is 0.343. The molecule has 6 nitrogen and oxygen atoms in total. The zero-order chi connectivity index (χ0) is 14.2. The number of pyridine rings is 1. The van der Waals surface area contributed by atoms with Gasteiger partial charge in [-0.25, -0.2) is 4.98 Å². The van der Waals surface area contributed by atoms with Gasteiger partial charge in [-0.3, -0.25) is 14.9 Å². The van der Waals surface area contributed by atoms with Crippen molar-refractivity contribution in [2.75, 3.05) is 11.4 Å². The van der Waals surface area contributed by atoms with Gasteiger partial charge in [0.2, 0.25) is 5.91 Å². The number of carbonyl (C=O) groups excluding carboxylic acids is 2. The number of imide groups is 1. The number of nitrogens with two attached hydrogens (primary N) is 1. The molecule has 6 heteroatoms. The molecule has 1 saturated heterocycles. The van der Waals surface area contributed by atoms with Crippen LogP contribution < -0.4 is 16.0 Å². The molecule has 3 N–H and O–H groups in total. The number of amides is 2. The van der Waals surface area contributed by atoms with Crippen LogP contribution in [0.3, 0.4) is 0 Å². The van der Waals surface area contributed by atoms with E-state index in [0.29, 0.717) is 5.82 Å². The Hall–Kier alpha value is -1.95. The highest BCUT2D eigenvalue weighted by Crippen LogP contribution is 2.25. The number of anilines is 1. The maximum absolute atomic E-state index is 11.9. The van der Waals surface area contributed by atoms with E-state index in [2.05, 4.69) is 10.3 Å². The fourth-order valence-electron chi connectivity index (χ4n) is 1.98. The van der Waals surface area contributed by atoms with Gasteiger partial charge in [-0.15, -0.1) is 0 Å². The van der Waals surface area contributed by atoms with Crippen molar-refractivity contribution in [3.8, 4) is 0 Å². The largest absolute Gasteiger partial charge is 0.333 e. The molecule has 0 radical (unpaired) electrons. The van der Waals surface area contributed by atoms with Crippen molar-refractivity contribution in [1.29, 1.82) is 0 Å². The van der Waals surface area contributed by atoms with Gasteiger partial charge in [0.15, 0.2) is 0 Å². The van der Waals surface area contributed by atoms with Crippen LogP contribution in [-0.2, 0) is 9.59 Å². The molecule has 0 aromatic carbocycles. The number of hydrogen-bond donors (Lipinski definition) is 2. The summed E-state index contributed by atoms with van der Waals surface area (Å²) in [7, 11) is 0. The first-order valence-corrected chi connectivity index (χ1v) is 6.16. The summed E-state index contributed by atoms with van der Waals surface area (Å²) in [5, 5.41) is 2.33. The topological polar surface area (TPSA) is 88.3 Å². The Labute approximate surface area is 112 Å². The number of nitrogens with one attached hydrogen (secondary N) is 1. The first-order chi connectivity index (χ1) is 8.82. The zero-order valence-corrected chi connectivity index (χ0v) is 11.3. The van der Waals surface area contributed by atoms with E-state index in [0.717, 1.165) is 5.56 Å². The standard InChI is InChI=1S/C13H18N4O2/c1-8(14)9-4-5-10(15-6-9)17-7-11(18)16-12(19)13(17,2)3/h4-6,8H,7,14H2,1-3H3,(H,16,18,19)/t8-/m1/s1. The van der Waals surface area contributed by atoms with Crippen LogP contribution in [0.4, 0.5) is 5.82 Å². The summed E-state index contributed by atoms with van der Waals surface area (Å²) in [6.45, 7) is 5.51. The summed E-state index contributed by atoms with van der Waals surface area (Å²) in [4.78, 5) is 29.4. The molecule has 1 aliphatic rings. The molecule has 2 heterocycles. The van der Waals surface area contributed by atoms with Gasteiger partial charge in [0.1, 0.15) is 11.4 Å². The van der Waals surface area contributed by atoms with Gasteiger partial charge in [-0.2, -0.15) is 0 Å². The Morgan fingerprint density at radius 3 is 2.63 bits per heavy atom. The van der Waals surface area contributed by atoms with Crippen molar-refractivity contribution >= 4 is 17.6 Å². The molecule has 2 rings (SSSR count). The van der Waals surface area contributed by atoms with Crippen molar-refractivity contribution in [3.05, 3.63) is 23.9 Å². The van der Waals surface area contributed by atoms with Gasteiger partial charge in [0, 0.05) is 12.2 Å². The number of hydrogen-bond acceptors (Lipinski definition) is 5. The zero-order valence-electron chi connectivity index (χ0n) is 11.3. The minimum Gasteiger partial charge on any atom is -0.333 e. The summed E-state index contributed by atoms with van der Waals surface area (Å²) < 4.78 is 0. The Kier molecular flexibility index (Phi) is 3.28. The fourth-order valence-corrected chi connectivity index (χ4v) is 1.98. The van der Waals surface area contributed by atoms with Crippen LogP contribution in [0.1, 0.15) is 32.4 Å². The molecular formula is C13H18N4O2. The summed E-state index contributed by atoms with van der Waals surface area (Å²) in [6.07, 6.45) is 1.67. The molecule has 0 bridgehead atoms. The van der Waals surface area contributed by atoms with Crippen LogP contribution in [0.25, 0.3) is 0 Å². The van der Waals surface area contributed by atoms with Gasteiger partial charge in [-0.05, 0) is 32.4 Å². The van der Waals surface area contributed by atoms with Gasteiger partial charge in [-0.1, -0.05) is 6.07 Å². The van der Waals surface area contributed by atoms with Gasteiger partial charge in [0.05, 0.1) is 6.54 Å². The summed E-state index contributed by atoms with van der Waals surface area (Å²) >= 11 is 0. The quantitative estimate of drug-likeness (QED) is 0.750. The van der Waals surface area contributed by atoms with Crippen LogP contribution in [0.2, 0.25) is 0 Å². The van der Waals surface area contributed by atoms with Crippen molar-refractivity contribution in [2.24, 2.45) is 5.73 Å². The minimum atomic E-state index is -0.809. The second kappa shape index (κ2) is 4.62. The summed E-state index contributed by atoms with van der Waals surface area (Å²) in [5.74, 6) is -0.0400. The second-order valence-electron chi connectivity index (χ2n) is 5.26. The molecule has 102 valence electrons. The lowest BCUT2D eigenvalue weighted by Crippen LogP contribution is -2.64. The second-order valence-corrected chi connectivity index (χ2v) is 5.26. The molecule has 1 aromatic heterocycles. The van der Waals surface area contributed by atoms with Crippen molar-refractivity contribution in [1.82, 2.24) is 10.3 Å². The van der Waals surface area contributed by atoms with Crippen molar-refractivity contribution in [3.63, 3.8) is 0 Å². The van der Waals surface area contributed by atoms with Crippen LogP contribution in [0, 0.1) is 0 Å². The SMILES string of the molecule is C[C@@H](N)c1ccc(N2CC(=O)NC(=O)C2(C)C)nc1. The number of rotatable bonds is 2. The maximum Gasteiger partial charge on any atom is 0.251 e. The highest BCUT2D eigenvalue weighted by atomic mass is 16.2. The lowest BCUT2D eigenvalue weighted by Gasteiger charge is -2.40. The fraction of sp³-hybridized carbons (Fsp3) is 0.462. The van der Waals surface area contributed by atoms with E-state index in [1.165, 1.54) is 0 Å². The molecule has 2 amide bonds. The van der Waals surface area contributed by atoms with Crippen LogP contribution in [0.15, 0.2) is 18.3 Å². The van der Waals surface area contributed by atoms with E-state index in [9.17, 15) is 9.59 Å². The van der Waals surface area contributed by atoms with E-state index in [4.69, 9.17) is 5.73 Å². The van der Waals surface area contributed by atoms with E-state index >= 15 is 0 Å². The van der Waals surface area contributed by atoms with E-state index in [1.807, 2.05) is 13.0 Å². The average Bonchev–Trinajstić information content (AvgIpc) is 2.34. The minimum absolute atomic E-state index is 0.0964. The molecule has 1 aliphatic heterocycles. The molecule has 1 fully saturated rings. The Morgan fingerprint density at radius 1 is 1.42 bits per heavy atom. The molecule has 1 atom stereocenters. The van der Waals surface area contributed by atoms with Crippen LogP contribution >= 0.6 is 0 Å². The first kappa shape index (κ1) is 13.5. The molecule has 1 aromatic rings. The molecule has 0 unspecified atom stereocenters. The third-order valence-corrected chi connectivity index (χ3v) is 3.36. The van der Waals surface area contributed by atoms with E-state index in [-0.39, 0.29) is 24.4 Å². The maximum atomic E-state index is 11.9. The monoisotopic (exact) mass is 262 g/mol. The predicted molar refractivity (Wildman–Crippen MR) is 71.4 cm³/mol. The number of aromatic nitrogens is 1. The Morgan fingerprint density at radius 2 is 2.11 bits per heavy atom. The molecule has 0 spiro atoms. The Bertz CT molecular complexity index is 508. The first-order valence-electron chi connectivity index (χ1n) is 6.16. The van der Waals surface area contributed by atoms with Gasteiger partial charge < -0.3 is 10.6 Å². The van der Waals surface area contributed by atoms with Gasteiger partial charge in [0.25, 0.3) is 5.91 Å². The average molecular weight is 262 g/mol. The lowest BCUT2D eigenvalue weighted by atomic mass is 9.98. The normalized spacial score (nSPS) is 20.1. The third-order valence-electron chi connectivity index (χ3n) is 3.36.